The first-order valence-corrected chi connectivity index (χ1v) is 6.34. The summed E-state index contributed by atoms with van der Waals surface area (Å²) in [5.41, 5.74) is 0. The maximum absolute atomic E-state index is 13.2. The van der Waals surface area contributed by atoms with Crippen LogP contribution in [0.15, 0.2) is 0 Å². The summed E-state index contributed by atoms with van der Waals surface area (Å²) in [6, 6.07) is 0. The summed E-state index contributed by atoms with van der Waals surface area (Å²) in [4.78, 5) is 10.1. The standard InChI is InChI=1S/C11H9F13O2/c12-6(13,4-2-1-3-5(25)26)7(14,15)8(16,17)9(18,19)10(20,21)11(22,23)24/h1-4H2,(H,25,26). The predicted octanol–water partition coefficient (Wildman–Crippen LogP) is 5.37. The van der Waals surface area contributed by atoms with E-state index in [0.717, 1.165) is 0 Å². The van der Waals surface area contributed by atoms with Crippen LogP contribution < -0.4 is 0 Å². The van der Waals surface area contributed by atoms with Gasteiger partial charge in [0.2, 0.25) is 0 Å². The first-order chi connectivity index (χ1) is 11.2. The van der Waals surface area contributed by atoms with Gasteiger partial charge in [-0.15, -0.1) is 0 Å². The Bertz CT molecular complexity index is 509. The lowest BCUT2D eigenvalue weighted by Gasteiger charge is -2.39. The molecule has 1 N–H and O–H groups in total. The summed E-state index contributed by atoms with van der Waals surface area (Å²) >= 11 is 0. The molecule has 0 aliphatic heterocycles. The smallest absolute Gasteiger partial charge is 0.460 e. The van der Waals surface area contributed by atoms with E-state index in [4.69, 9.17) is 5.11 Å². The van der Waals surface area contributed by atoms with Crippen molar-refractivity contribution >= 4 is 5.97 Å². The van der Waals surface area contributed by atoms with Gasteiger partial charge in [0, 0.05) is 12.8 Å². The van der Waals surface area contributed by atoms with E-state index in [1.807, 2.05) is 0 Å². The Morgan fingerprint density at radius 1 is 0.615 bits per heavy atom. The zero-order valence-corrected chi connectivity index (χ0v) is 12.1. The number of hydrogen-bond donors (Lipinski definition) is 1. The van der Waals surface area contributed by atoms with E-state index in [1.54, 1.807) is 0 Å². The maximum Gasteiger partial charge on any atom is 0.460 e. The van der Waals surface area contributed by atoms with E-state index in [2.05, 4.69) is 0 Å². The summed E-state index contributed by atoms with van der Waals surface area (Å²) in [6.07, 6.45) is -12.8. The predicted molar refractivity (Wildman–Crippen MR) is 56.9 cm³/mol. The van der Waals surface area contributed by atoms with Gasteiger partial charge in [0.05, 0.1) is 0 Å². The highest BCUT2D eigenvalue weighted by molar-refractivity contribution is 5.66. The number of carboxylic acids is 1. The van der Waals surface area contributed by atoms with Crippen LogP contribution in [0, 0.1) is 0 Å². The molecule has 0 saturated carbocycles. The van der Waals surface area contributed by atoms with E-state index in [1.165, 1.54) is 0 Å². The van der Waals surface area contributed by atoms with E-state index >= 15 is 0 Å². The third-order valence-electron chi connectivity index (χ3n) is 3.13. The average Bonchev–Trinajstić information content (AvgIpc) is 2.41. The highest BCUT2D eigenvalue weighted by Crippen LogP contribution is 2.60. The van der Waals surface area contributed by atoms with E-state index in [9.17, 15) is 61.9 Å². The highest BCUT2D eigenvalue weighted by atomic mass is 19.4. The summed E-state index contributed by atoms with van der Waals surface area (Å²) in [5.74, 6) is -38.5. The molecule has 0 fully saturated rings. The van der Waals surface area contributed by atoms with Gasteiger partial charge in [0.15, 0.2) is 0 Å². The summed E-state index contributed by atoms with van der Waals surface area (Å²) < 4.78 is 165. The molecule has 0 bridgehead atoms. The fraction of sp³-hybridized carbons (Fsp3) is 0.909. The number of carbonyl (C=O) groups is 1. The molecule has 0 aliphatic carbocycles. The molecule has 0 saturated heterocycles. The Hall–Kier alpha value is -1.44. The lowest BCUT2D eigenvalue weighted by molar-refractivity contribution is -0.440. The van der Waals surface area contributed by atoms with E-state index in [-0.39, 0.29) is 0 Å². The van der Waals surface area contributed by atoms with Crippen molar-refractivity contribution in [3.63, 3.8) is 0 Å². The summed E-state index contributed by atoms with van der Waals surface area (Å²) in [6.45, 7) is 0. The van der Waals surface area contributed by atoms with Crippen molar-refractivity contribution in [1.82, 2.24) is 0 Å². The minimum atomic E-state index is -7.91. The number of halogens is 13. The van der Waals surface area contributed by atoms with Crippen LogP contribution in [-0.4, -0.2) is 46.9 Å². The first-order valence-electron chi connectivity index (χ1n) is 6.34. The fourth-order valence-electron chi connectivity index (χ4n) is 1.58. The van der Waals surface area contributed by atoms with Gasteiger partial charge < -0.3 is 5.11 Å². The molecular weight excluding hydrogens is 411 g/mol. The van der Waals surface area contributed by atoms with Crippen molar-refractivity contribution in [3.8, 4) is 0 Å². The van der Waals surface area contributed by atoms with Crippen molar-refractivity contribution in [2.45, 2.75) is 61.5 Å². The van der Waals surface area contributed by atoms with Crippen molar-refractivity contribution in [2.75, 3.05) is 0 Å². The molecule has 26 heavy (non-hydrogen) atoms. The molecule has 0 rings (SSSR count). The lowest BCUT2D eigenvalue weighted by atomic mass is 9.91. The van der Waals surface area contributed by atoms with Crippen molar-refractivity contribution in [2.24, 2.45) is 0 Å². The quantitative estimate of drug-likeness (QED) is 0.402. The van der Waals surface area contributed by atoms with Crippen LogP contribution in [0.1, 0.15) is 25.7 Å². The van der Waals surface area contributed by atoms with Gasteiger partial charge in [-0.2, -0.15) is 57.1 Å². The molecule has 15 heteroatoms. The maximum atomic E-state index is 13.2. The van der Waals surface area contributed by atoms with Gasteiger partial charge in [-0.25, -0.2) is 0 Å². The number of alkyl halides is 13. The SMILES string of the molecule is O=C(O)CCCCC(F)(F)C(F)(F)C(F)(F)C(F)(F)C(F)(F)C(F)(F)F. The van der Waals surface area contributed by atoms with Crippen molar-refractivity contribution in [3.05, 3.63) is 0 Å². The Morgan fingerprint density at radius 3 is 1.35 bits per heavy atom. The summed E-state index contributed by atoms with van der Waals surface area (Å²) in [7, 11) is 0. The van der Waals surface area contributed by atoms with Crippen molar-refractivity contribution in [1.29, 1.82) is 0 Å². The third kappa shape index (κ3) is 3.94. The Kier molecular flexibility index (Phi) is 6.56. The van der Waals surface area contributed by atoms with Crippen LogP contribution >= 0.6 is 0 Å². The molecule has 0 unspecified atom stereocenters. The molecule has 0 aromatic heterocycles. The minimum Gasteiger partial charge on any atom is -0.481 e. The number of unbranched alkanes of at least 4 members (excludes halogenated alkanes) is 1. The third-order valence-corrected chi connectivity index (χ3v) is 3.13. The molecule has 0 heterocycles. The molecule has 0 atom stereocenters. The molecule has 0 radical (unpaired) electrons. The second-order valence-corrected chi connectivity index (χ2v) is 5.10. The van der Waals surface area contributed by atoms with Gasteiger partial charge in [-0.3, -0.25) is 4.79 Å². The average molecular weight is 420 g/mol. The zero-order valence-electron chi connectivity index (χ0n) is 12.1. The summed E-state index contributed by atoms with van der Waals surface area (Å²) in [5, 5.41) is 8.16. The topological polar surface area (TPSA) is 37.3 Å². The second-order valence-electron chi connectivity index (χ2n) is 5.10. The molecular formula is C11H9F13O2. The van der Waals surface area contributed by atoms with Crippen LogP contribution in [0.3, 0.4) is 0 Å². The van der Waals surface area contributed by atoms with Crippen LogP contribution in [-0.2, 0) is 4.79 Å². The van der Waals surface area contributed by atoms with Gasteiger partial charge in [-0.05, 0) is 12.8 Å². The molecule has 0 aromatic carbocycles. The second kappa shape index (κ2) is 6.94. The van der Waals surface area contributed by atoms with E-state index in [0.29, 0.717) is 0 Å². The Morgan fingerprint density at radius 2 is 1.00 bits per heavy atom. The number of aliphatic carboxylic acids is 1. The Balaban J connectivity index is 5.74. The zero-order chi connectivity index (χ0) is 21.4. The fourth-order valence-corrected chi connectivity index (χ4v) is 1.58. The number of hydrogen-bond acceptors (Lipinski definition) is 1. The first kappa shape index (κ1) is 24.6. The van der Waals surface area contributed by atoms with Crippen molar-refractivity contribution < 1.29 is 67.0 Å². The van der Waals surface area contributed by atoms with Crippen LogP contribution in [0.2, 0.25) is 0 Å². The van der Waals surface area contributed by atoms with E-state index < -0.39 is 67.4 Å². The minimum absolute atomic E-state index is 0.804. The number of carboxylic acid groups (broad SMARTS) is 1. The van der Waals surface area contributed by atoms with Crippen LogP contribution in [0.25, 0.3) is 0 Å². The van der Waals surface area contributed by atoms with Crippen LogP contribution in [0.4, 0.5) is 57.1 Å². The molecule has 2 nitrogen and oxygen atoms in total. The molecule has 156 valence electrons. The number of rotatable bonds is 9. The van der Waals surface area contributed by atoms with Gasteiger partial charge in [-0.1, -0.05) is 0 Å². The molecule has 0 aliphatic rings. The van der Waals surface area contributed by atoms with Gasteiger partial charge in [0.1, 0.15) is 0 Å². The molecule has 0 spiro atoms. The van der Waals surface area contributed by atoms with Gasteiger partial charge in [0.25, 0.3) is 0 Å². The van der Waals surface area contributed by atoms with Crippen LogP contribution in [0.5, 0.6) is 0 Å². The lowest BCUT2D eigenvalue weighted by Crippen LogP contribution is -2.70. The highest BCUT2D eigenvalue weighted by Gasteiger charge is 2.90. The Labute approximate surface area is 135 Å². The molecule has 0 aromatic rings. The normalized spacial score (nSPS) is 15.3. The largest absolute Gasteiger partial charge is 0.481 e. The molecule has 0 amide bonds. The van der Waals surface area contributed by atoms with Gasteiger partial charge >= 0.3 is 41.8 Å². The monoisotopic (exact) mass is 420 g/mol.